The molecule has 3 aliphatic heterocycles. The number of urea groups is 1. The lowest BCUT2D eigenvalue weighted by molar-refractivity contribution is -0.336. The van der Waals surface area contributed by atoms with E-state index in [9.17, 15) is 35.1 Å². The molecule has 1 aromatic carbocycles. The van der Waals surface area contributed by atoms with Crippen molar-refractivity contribution in [3.8, 4) is 0 Å². The Bertz CT molecular complexity index is 1670. The lowest BCUT2D eigenvalue weighted by Crippen LogP contribution is -2.70. The van der Waals surface area contributed by atoms with E-state index < -0.39 is 114 Å². The van der Waals surface area contributed by atoms with E-state index in [1.54, 1.807) is 67.6 Å². The van der Waals surface area contributed by atoms with Crippen molar-refractivity contribution in [1.29, 1.82) is 0 Å². The molecule has 8 N–H and O–H groups in total. The molecule has 0 radical (unpaired) electrons. The van der Waals surface area contributed by atoms with Crippen LogP contribution >= 0.6 is 0 Å². The highest BCUT2D eigenvalue weighted by Crippen LogP contribution is 2.43. The third kappa shape index (κ3) is 12.8. The zero-order chi connectivity index (χ0) is 48.8. The van der Waals surface area contributed by atoms with Crippen molar-refractivity contribution in [3.63, 3.8) is 0 Å². The number of anilines is 1. The lowest BCUT2D eigenvalue weighted by atomic mass is 9.75. The van der Waals surface area contributed by atoms with Crippen molar-refractivity contribution in [2.24, 2.45) is 17.8 Å². The van der Waals surface area contributed by atoms with Crippen LogP contribution in [0.2, 0.25) is 0 Å². The van der Waals surface area contributed by atoms with Gasteiger partial charge in [-0.1, -0.05) is 45.4 Å². The van der Waals surface area contributed by atoms with E-state index in [4.69, 9.17) is 28.4 Å². The number of hydrogen-bond donors (Lipinski definition) is 8. The minimum absolute atomic E-state index is 0.0464. The van der Waals surface area contributed by atoms with E-state index in [0.717, 1.165) is 12.0 Å². The zero-order valence-corrected chi connectivity index (χ0v) is 41.5. The predicted octanol–water partition coefficient (Wildman–Crippen LogP) is 3.84. The third-order valence-corrected chi connectivity index (χ3v) is 14.5. The summed E-state index contributed by atoms with van der Waals surface area (Å²) < 4.78 is 38.6. The number of carbonyl (C=O) groups is 2. The molecule has 65 heavy (non-hydrogen) atoms. The van der Waals surface area contributed by atoms with Gasteiger partial charge in [0, 0.05) is 44.8 Å². The van der Waals surface area contributed by atoms with Gasteiger partial charge in [-0.3, -0.25) is 4.79 Å². The number of likely N-dealkylation sites (N-methyl/N-ethyl adjacent to an activating group) is 1. The summed E-state index contributed by atoms with van der Waals surface area (Å²) in [4.78, 5) is 29.5. The Labute approximate surface area is 387 Å². The molecule has 3 saturated heterocycles. The van der Waals surface area contributed by atoms with Gasteiger partial charge in [-0.2, -0.15) is 0 Å². The van der Waals surface area contributed by atoms with Crippen molar-refractivity contribution < 1.29 is 63.5 Å². The van der Waals surface area contributed by atoms with E-state index in [2.05, 4.69) is 16.0 Å². The molecule has 374 valence electrons. The summed E-state index contributed by atoms with van der Waals surface area (Å²) in [6, 6.07) is 5.53. The molecule has 0 aromatic heterocycles. The first-order chi connectivity index (χ1) is 30.3. The summed E-state index contributed by atoms with van der Waals surface area (Å²) in [5, 5.41) is 69.6. The van der Waals surface area contributed by atoms with Gasteiger partial charge in [0.1, 0.15) is 35.1 Å². The fourth-order valence-corrected chi connectivity index (χ4v) is 10.1. The van der Waals surface area contributed by atoms with Crippen molar-refractivity contribution >= 4 is 17.7 Å². The Balaban J connectivity index is 1.78. The topological polar surface area (TPSA) is 230 Å². The maximum absolute atomic E-state index is 14.5. The quantitative estimate of drug-likeness (QED) is 0.110. The van der Waals surface area contributed by atoms with Crippen molar-refractivity contribution in [3.05, 3.63) is 29.8 Å². The number of benzene rings is 1. The van der Waals surface area contributed by atoms with Crippen LogP contribution in [-0.4, -0.2) is 166 Å². The number of carbonyl (C=O) groups excluding carboxylic acids is 2. The number of nitrogens with zero attached hydrogens (tertiary/aromatic N) is 1. The molecule has 17 heteroatoms. The molecule has 3 heterocycles. The van der Waals surface area contributed by atoms with E-state index in [0.29, 0.717) is 18.8 Å². The molecular weight excluding hydrogens is 841 g/mol. The Morgan fingerprint density at radius 1 is 0.969 bits per heavy atom. The molecule has 0 spiro atoms. The van der Waals surface area contributed by atoms with Crippen LogP contribution in [0.1, 0.15) is 114 Å². The van der Waals surface area contributed by atoms with Crippen molar-refractivity contribution in [1.82, 2.24) is 15.5 Å². The first kappa shape index (κ1) is 55.1. The number of aliphatic hydroxyl groups excluding tert-OH is 2. The largest absolute Gasteiger partial charge is 0.459 e. The number of nitrogens with one attached hydrogen (secondary N) is 3. The molecule has 0 unspecified atom stereocenters. The fourth-order valence-electron chi connectivity index (χ4n) is 10.1. The van der Waals surface area contributed by atoms with Crippen LogP contribution in [0, 0.1) is 24.7 Å². The van der Waals surface area contributed by atoms with E-state index >= 15 is 0 Å². The highest BCUT2D eigenvalue weighted by atomic mass is 16.7. The average Bonchev–Trinajstić information content (AvgIpc) is 3.24. The van der Waals surface area contributed by atoms with Gasteiger partial charge in [-0.15, -0.1) is 0 Å². The minimum Gasteiger partial charge on any atom is -0.459 e. The molecule has 1 aromatic rings. The van der Waals surface area contributed by atoms with Gasteiger partial charge < -0.3 is 74.8 Å². The lowest BCUT2D eigenvalue weighted by Gasteiger charge is -2.53. The number of rotatable bonds is 12. The molecule has 0 aliphatic carbocycles. The van der Waals surface area contributed by atoms with Gasteiger partial charge in [-0.25, -0.2) is 4.79 Å². The van der Waals surface area contributed by atoms with Crippen molar-refractivity contribution in [2.45, 2.75) is 205 Å². The summed E-state index contributed by atoms with van der Waals surface area (Å²) >= 11 is 0. The van der Waals surface area contributed by atoms with E-state index in [1.165, 1.54) is 18.9 Å². The van der Waals surface area contributed by atoms with Crippen molar-refractivity contribution in [2.75, 3.05) is 39.1 Å². The van der Waals surface area contributed by atoms with Gasteiger partial charge in [-0.05, 0) is 112 Å². The van der Waals surface area contributed by atoms with Crippen LogP contribution in [-0.2, 0) is 33.2 Å². The van der Waals surface area contributed by atoms with Crippen LogP contribution in [0.15, 0.2) is 24.3 Å². The maximum Gasteiger partial charge on any atom is 0.321 e. The normalized spacial score (nSPS) is 42.6. The molecule has 0 saturated carbocycles. The standard InChI is InChI=1S/C48H84N4O13/c1-15-21-49-26-48(59)33(9)62-37(24-46(48,11)60-14)64-39-30(6)41(65-43-38(53)35(22-29(5)61-43)52(13)44(56)51-34-19-17-27(3)18-20-34)45(10,57)23-28(4)25-50-32(8)40(54)47(12,58)36(16-2)63-42(55)31(39)7/h17-20,28-33,35-41,43,49-50,53-54,57-59H,15-16,21-26H2,1-14H3,(H,51,56)/t28-,29-,30+,31-,32-,33+,35+,36-,37+,38-,39+,40-,41-,43+,45-,46-,47-,48+/m1/s1. The molecule has 2 amide bonds. The second-order valence-corrected chi connectivity index (χ2v) is 20.1. The molecule has 3 aliphatic rings. The Morgan fingerprint density at radius 2 is 1.62 bits per heavy atom. The van der Waals surface area contributed by atoms with Crippen LogP contribution in [0.5, 0.6) is 0 Å². The first-order valence-corrected chi connectivity index (χ1v) is 23.7. The first-order valence-electron chi connectivity index (χ1n) is 23.7. The van der Waals surface area contributed by atoms with Gasteiger partial charge in [0.15, 0.2) is 12.6 Å². The smallest absolute Gasteiger partial charge is 0.321 e. The number of amides is 2. The summed E-state index contributed by atoms with van der Waals surface area (Å²) in [7, 11) is 3.11. The van der Waals surface area contributed by atoms with Crippen LogP contribution in [0.4, 0.5) is 10.5 Å². The number of esters is 1. The van der Waals surface area contributed by atoms with Crippen LogP contribution in [0.3, 0.4) is 0 Å². The minimum atomic E-state index is -1.86. The molecule has 17 nitrogen and oxygen atoms in total. The summed E-state index contributed by atoms with van der Waals surface area (Å²) in [5.74, 6) is -2.97. The molecule has 0 bridgehead atoms. The highest BCUT2D eigenvalue weighted by Gasteiger charge is 2.58. The van der Waals surface area contributed by atoms with Crippen LogP contribution < -0.4 is 16.0 Å². The number of hydrogen-bond acceptors (Lipinski definition) is 15. The molecule has 3 fully saturated rings. The SMILES string of the molecule is CCCNC[C@]1(O)[C@H](C)O[C@@H](O[C@H]2[C@H](C)[C@@H](O[C@@H]3O[C@H](C)C[C@H](N(C)C(=O)Nc4ccc(C)cc4)[C@H]3O)[C@](C)(O)C[C@@H](C)CN[C@H](C)[C@@H](O)[C@](C)(O)[C@@H](CC)OC(=O)[C@@H]2C)C[C@@]1(C)OC. The molecule has 18 atom stereocenters. The summed E-state index contributed by atoms with van der Waals surface area (Å²) in [5.41, 5.74) is -4.58. The van der Waals surface area contributed by atoms with Gasteiger partial charge in [0.25, 0.3) is 0 Å². The maximum atomic E-state index is 14.5. The molecular formula is C48H84N4O13. The fraction of sp³-hybridized carbons (Fsp3) is 0.833. The van der Waals surface area contributed by atoms with E-state index in [1.807, 2.05) is 39.8 Å². The number of aryl methyl sites for hydroxylation is 1. The summed E-state index contributed by atoms with van der Waals surface area (Å²) in [6.45, 7) is 22.4. The number of cyclic esters (lactones) is 1. The van der Waals surface area contributed by atoms with Gasteiger partial charge in [0.05, 0.1) is 42.0 Å². The predicted molar refractivity (Wildman–Crippen MR) is 246 cm³/mol. The third-order valence-electron chi connectivity index (χ3n) is 14.5. The Morgan fingerprint density at radius 3 is 2.22 bits per heavy atom. The zero-order valence-electron chi connectivity index (χ0n) is 41.5. The van der Waals surface area contributed by atoms with Gasteiger partial charge in [0.2, 0.25) is 0 Å². The van der Waals surface area contributed by atoms with Crippen LogP contribution in [0.25, 0.3) is 0 Å². The Hall–Kier alpha value is -2.52. The summed E-state index contributed by atoms with van der Waals surface area (Å²) in [6.07, 6.45) is -8.38. The second kappa shape index (κ2) is 22.7. The second-order valence-electron chi connectivity index (χ2n) is 20.1. The highest BCUT2D eigenvalue weighted by molar-refractivity contribution is 5.89. The molecule has 4 rings (SSSR count). The monoisotopic (exact) mass is 925 g/mol. The average molecular weight is 925 g/mol. The Kier molecular flexibility index (Phi) is 19.3. The number of methoxy groups -OCH3 is 1. The van der Waals surface area contributed by atoms with Gasteiger partial charge >= 0.3 is 12.0 Å². The number of ether oxygens (including phenoxy) is 6. The number of aliphatic hydroxyl groups is 5. The van der Waals surface area contributed by atoms with E-state index in [-0.39, 0.29) is 38.1 Å².